The maximum atomic E-state index is 11.8. The number of benzene rings is 1. The normalized spacial score (nSPS) is 10.3. The standard InChI is InChI=1S/C10H8Cl2N4O/c1-16-13-5-8(15-16)10(17)14-7-4-2-3-6(11)9(7)12/h2-5H,1H3,(H,14,17). The number of aryl methyl sites for hydroxylation is 1. The van der Waals surface area contributed by atoms with E-state index in [1.807, 2.05) is 0 Å². The number of anilines is 1. The molecule has 0 spiro atoms. The monoisotopic (exact) mass is 270 g/mol. The highest BCUT2D eigenvalue weighted by Gasteiger charge is 2.12. The van der Waals surface area contributed by atoms with E-state index in [9.17, 15) is 4.79 Å². The van der Waals surface area contributed by atoms with Crippen LogP contribution in [0.4, 0.5) is 5.69 Å². The Morgan fingerprint density at radius 1 is 1.41 bits per heavy atom. The molecule has 0 radical (unpaired) electrons. The van der Waals surface area contributed by atoms with Crippen LogP contribution in [-0.4, -0.2) is 20.9 Å². The lowest BCUT2D eigenvalue weighted by molar-refractivity contribution is 0.102. The number of aromatic nitrogens is 3. The van der Waals surface area contributed by atoms with Gasteiger partial charge in [0.05, 0.1) is 21.9 Å². The van der Waals surface area contributed by atoms with Crippen molar-refractivity contribution in [1.82, 2.24) is 15.0 Å². The van der Waals surface area contributed by atoms with Gasteiger partial charge < -0.3 is 5.32 Å². The van der Waals surface area contributed by atoms with Crippen LogP contribution in [0.5, 0.6) is 0 Å². The third-order valence-electron chi connectivity index (χ3n) is 2.03. The first-order chi connectivity index (χ1) is 8.08. The first kappa shape index (κ1) is 11.9. The molecule has 1 N–H and O–H groups in total. The van der Waals surface area contributed by atoms with Crippen molar-refractivity contribution in [3.8, 4) is 0 Å². The molecule has 1 heterocycles. The van der Waals surface area contributed by atoms with E-state index in [-0.39, 0.29) is 11.6 Å². The molecule has 88 valence electrons. The Balaban J connectivity index is 2.21. The summed E-state index contributed by atoms with van der Waals surface area (Å²) in [5, 5.41) is 11.0. The summed E-state index contributed by atoms with van der Waals surface area (Å²) in [6, 6.07) is 4.99. The summed E-state index contributed by atoms with van der Waals surface area (Å²) in [6.07, 6.45) is 1.37. The first-order valence-corrected chi connectivity index (χ1v) is 5.45. The maximum Gasteiger partial charge on any atom is 0.277 e. The summed E-state index contributed by atoms with van der Waals surface area (Å²) < 4.78 is 0. The molecule has 0 bridgehead atoms. The van der Waals surface area contributed by atoms with Crippen LogP contribution in [0.2, 0.25) is 10.0 Å². The topological polar surface area (TPSA) is 59.8 Å². The molecule has 0 saturated heterocycles. The van der Waals surface area contributed by atoms with Gasteiger partial charge in [0.1, 0.15) is 0 Å². The van der Waals surface area contributed by atoms with Crippen LogP contribution in [0.15, 0.2) is 24.4 Å². The molecule has 2 rings (SSSR count). The van der Waals surface area contributed by atoms with Gasteiger partial charge in [-0.15, -0.1) is 5.10 Å². The molecular weight excluding hydrogens is 263 g/mol. The number of nitrogens with one attached hydrogen (secondary N) is 1. The Morgan fingerprint density at radius 2 is 2.18 bits per heavy atom. The molecule has 1 aromatic carbocycles. The third kappa shape index (κ3) is 2.57. The molecular formula is C10H8Cl2N4O. The molecule has 0 fully saturated rings. The van der Waals surface area contributed by atoms with Crippen LogP contribution in [0.25, 0.3) is 0 Å². The van der Waals surface area contributed by atoms with Gasteiger partial charge in [0.2, 0.25) is 0 Å². The van der Waals surface area contributed by atoms with Crippen molar-refractivity contribution in [2.24, 2.45) is 7.05 Å². The molecule has 0 atom stereocenters. The van der Waals surface area contributed by atoms with Crippen LogP contribution < -0.4 is 5.32 Å². The smallest absolute Gasteiger partial charge is 0.277 e. The average molecular weight is 271 g/mol. The Morgan fingerprint density at radius 3 is 2.82 bits per heavy atom. The van der Waals surface area contributed by atoms with E-state index in [2.05, 4.69) is 15.5 Å². The van der Waals surface area contributed by atoms with Gasteiger partial charge in [-0.2, -0.15) is 9.90 Å². The van der Waals surface area contributed by atoms with Crippen molar-refractivity contribution >= 4 is 34.8 Å². The molecule has 5 nitrogen and oxygen atoms in total. The second-order valence-corrected chi connectivity index (χ2v) is 4.06. The van der Waals surface area contributed by atoms with E-state index >= 15 is 0 Å². The van der Waals surface area contributed by atoms with Crippen molar-refractivity contribution in [1.29, 1.82) is 0 Å². The molecule has 1 amide bonds. The second kappa shape index (κ2) is 4.73. The van der Waals surface area contributed by atoms with E-state index < -0.39 is 0 Å². The summed E-state index contributed by atoms with van der Waals surface area (Å²) in [4.78, 5) is 13.1. The lowest BCUT2D eigenvalue weighted by atomic mass is 10.3. The quantitative estimate of drug-likeness (QED) is 0.912. The summed E-state index contributed by atoms with van der Waals surface area (Å²) in [7, 11) is 1.63. The number of carbonyl (C=O) groups is 1. The van der Waals surface area contributed by atoms with Gasteiger partial charge in [-0.3, -0.25) is 4.79 Å². The zero-order chi connectivity index (χ0) is 12.4. The van der Waals surface area contributed by atoms with Crippen LogP contribution in [-0.2, 0) is 7.05 Å². The second-order valence-electron chi connectivity index (χ2n) is 3.27. The van der Waals surface area contributed by atoms with Gasteiger partial charge in [0.25, 0.3) is 5.91 Å². The lowest BCUT2D eigenvalue weighted by Crippen LogP contribution is -2.13. The minimum Gasteiger partial charge on any atom is -0.319 e. The number of hydrogen-bond donors (Lipinski definition) is 1. The fraction of sp³-hybridized carbons (Fsp3) is 0.100. The van der Waals surface area contributed by atoms with E-state index in [0.717, 1.165) is 0 Å². The largest absolute Gasteiger partial charge is 0.319 e. The van der Waals surface area contributed by atoms with Crippen molar-refractivity contribution in [3.63, 3.8) is 0 Å². The fourth-order valence-electron chi connectivity index (χ4n) is 1.24. The van der Waals surface area contributed by atoms with Crippen LogP contribution in [0, 0.1) is 0 Å². The molecule has 0 saturated carbocycles. The van der Waals surface area contributed by atoms with Gasteiger partial charge in [0, 0.05) is 7.05 Å². The van der Waals surface area contributed by atoms with Crippen molar-refractivity contribution in [3.05, 3.63) is 40.1 Å². The number of carbonyl (C=O) groups excluding carboxylic acids is 1. The van der Waals surface area contributed by atoms with Crippen molar-refractivity contribution < 1.29 is 4.79 Å². The predicted molar refractivity (Wildman–Crippen MR) is 65.4 cm³/mol. The number of amides is 1. The molecule has 0 aliphatic rings. The first-order valence-electron chi connectivity index (χ1n) is 4.69. The SMILES string of the molecule is Cn1ncc(C(=O)Nc2cccc(Cl)c2Cl)n1. The van der Waals surface area contributed by atoms with Crippen LogP contribution in [0.3, 0.4) is 0 Å². The molecule has 1 aromatic heterocycles. The Hall–Kier alpha value is -1.59. The zero-order valence-electron chi connectivity index (χ0n) is 8.82. The minimum atomic E-state index is -0.387. The van der Waals surface area contributed by atoms with Gasteiger partial charge in [0.15, 0.2) is 5.69 Å². The maximum absolute atomic E-state index is 11.8. The Kier molecular flexibility index (Phi) is 3.31. The molecule has 0 aliphatic carbocycles. The summed E-state index contributed by atoms with van der Waals surface area (Å²) in [5.74, 6) is -0.387. The molecule has 17 heavy (non-hydrogen) atoms. The van der Waals surface area contributed by atoms with E-state index in [1.54, 1.807) is 25.2 Å². The van der Waals surface area contributed by atoms with Gasteiger partial charge in [-0.25, -0.2) is 0 Å². The molecule has 2 aromatic rings. The molecule has 0 unspecified atom stereocenters. The highest BCUT2D eigenvalue weighted by molar-refractivity contribution is 6.44. The number of hydrogen-bond acceptors (Lipinski definition) is 3. The highest BCUT2D eigenvalue weighted by atomic mass is 35.5. The van der Waals surface area contributed by atoms with E-state index in [0.29, 0.717) is 15.7 Å². The fourth-order valence-corrected chi connectivity index (χ4v) is 1.58. The van der Waals surface area contributed by atoms with Crippen molar-refractivity contribution in [2.75, 3.05) is 5.32 Å². The zero-order valence-corrected chi connectivity index (χ0v) is 10.3. The summed E-state index contributed by atoms with van der Waals surface area (Å²) >= 11 is 11.8. The van der Waals surface area contributed by atoms with E-state index in [1.165, 1.54) is 11.0 Å². The van der Waals surface area contributed by atoms with Crippen molar-refractivity contribution in [2.45, 2.75) is 0 Å². The van der Waals surface area contributed by atoms with Crippen LogP contribution in [0.1, 0.15) is 10.5 Å². The Bertz CT molecular complexity index is 567. The van der Waals surface area contributed by atoms with E-state index in [4.69, 9.17) is 23.2 Å². The molecule has 7 heteroatoms. The van der Waals surface area contributed by atoms with Gasteiger partial charge in [-0.1, -0.05) is 29.3 Å². The lowest BCUT2D eigenvalue weighted by Gasteiger charge is -2.06. The van der Waals surface area contributed by atoms with Gasteiger partial charge in [-0.05, 0) is 12.1 Å². The average Bonchev–Trinajstić information content (AvgIpc) is 2.72. The summed E-state index contributed by atoms with van der Waals surface area (Å²) in [6.45, 7) is 0. The third-order valence-corrected chi connectivity index (χ3v) is 2.85. The Labute approximate surface area is 107 Å². The number of rotatable bonds is 2. The molecule has 0 aliphatic heterocycles. The number of halogens is 2. The number of nitrogens with zero attached hydrogens (tertiary/aromatic N) is 3. The van der Waals surface area contributed by atoms with Crippen LogP contribution >= 0.6 is 23.2 Å². The summed E-state index contributed by atoms with van der Waals surface area (Å²) in [5.41, 5.74) is 0.651. The highest BCUT2D eigenvalue weighted by Crippen LogP contribution is 2.29. The predicted octanol–water partition coefficient (Wildman–Crippen LogP) is 2.37. The minimum absolute atomic E-state index is 0.212. The van der Waals surface area contributed by atoms with Gasteiger partial charge >= 0.3 is 0 Å².